The van der Waals surface area contributed by atoms with Crippen LogP contribution in [0.25, 0.3) is 0 Å². The summed E-state index contributed by atoms with van der Waals surface area (Å²) in [4.78, 5) is 12.9. The van der Waals surface area contributed by atoms with Crippen LogP contribution in [0, 0.1) is 12.7 Å². The number of hydrogen-bond acceptors (Lipinski definition) is 3. The van der Waals surface area contributed by atoms with E-state index in [0.717, 1.165) is 24.0 Å². The van der Waals surface area contributed by atoms with Crippen molar-refractivity contribution in [1.29, 1.82) is 0 Å². The van der Waals surface area contributed by atoms with Crippen LogP contribution in [-0.4, -0.2) is 31.2 Å². The first-order valence-corrected chi connectivity index (χ1v) is 10.4. The van der Waals surface area contributed by atoms with E-state index in [1.807, 2.05) is 6.92 Å². The van der Waals surface area contributed by atoms with E-state index >= 15 is 0 Å². The lowest BCUT2D eigenvalue weighted by atomic mass is 10.0. The van der Waals surface area contributed by atoms with E-state index in [2.05, 4.69) is 5.32 Å². The van der Waals surface area contributed by atoms with E-state index in [4.69, 9.17) is 0 Å². The van der Waals surface area contributed by atoms with Crippen molar-refractivity contribution in [3.05, 3.63) is 65.5 Å². The Hall–Kier alpha value is -2.25. The maximum absolute atomic E-state index is 13.0. The van der Waals surface area contributed by atoms with Crippen LogP contribution in [-0.2, 0) is 21.4 Å². The Labute approximate surface area is 159 Å². The number of benzene rings is 2. The number of aryl methyl sites for hydroxylation is 1. The van der Waals surface area contributed by atoms with Gasteiger partial charge in [-0.1, -0.05) is 36.2 Å². The van der Waals surface area contributed by atoms with Crippen LogP contribution in [0.1, 0.15) is 30.4 Å². The normalized spacial score (nSPS) is 18.2. The average molecular weight is 390 g/mol. The van der Waals surface area contributed by atoms with Gasteiger partial charge in [0.25, 0.3) is 0 Å². The Morgan fingerprint density at radius 2 is 1.78 bits per heavy atom. The topological polar surface area (TPSA) is 66.5 Å². The van der Waals surface area contributed by atoms with Gasteiger partial charge in [0, 0.05) is 13.1 Å². The fraction of sp³-hybridized carbons (Fsp3) is 0.350. The van der Waals surface area contributed by atoms with Crippen molar-refractivity contribution in [2.24, 2.45) is 0 Å². The minimum atomic E-state index is -3.74. The van der Waals surface area contributed by atoms with E-state index in [-0.39, 0.29) is 23.2 Å². The molecule has 3 rings (SSSR count). The first-order valence-electron chi connectivity index (χ1n) is 8.98. The number of rotatable bonds is 5. The molecular weight excluding hydrogens is 367 g/mol. The fourth-order valence-electron chi connectivity index (χ4n) is 3.21. The molecule has 2 aromatic carbocycles. The van der Waals surface area contributed by atoms with E-state index in [1.165, 1.54) is 16.4 Å². The van der Waals surface area contributed by atoms with Gasteiger partial charge in [-0.2, -0.15) is 4.31 Å². The number of nitrogens with zero attached hydrogens (tertiary/aromatic N) is 1. The molecule has 1 aliphatic rings. The highest BCUT2D eigenvalue weighted by molar-refractivity contribution is 7.89. The molecule has 1 heterocycles. The molecule has 0 unspecified atom stereocenters. The molecule has 1 atom stereocenters. The molecule has 1 saturated heterocycles. The first-order chi connectivity index (χ1) is 12.9. The summed E-state index contributed by atoms with van der Waals surface area (Å²) in [7, 11) is -3.74. The maximum atomic E-state index is 13.0. The summed E-state index contributed by atoms with van der Waals surface area (Å²) in [6.07, 6.45) is 2.02. The van der Waals surface area contributed by atoms with Gasteiger partial charge < -0.3 is 5.32 Å². The second-order valence-corrected chi connectivity index (χ2v) is 8.68. The van der Waals surface area contributed by atoms with Crippen LogP contribution in [0.5, 0.6) is 0 Å². The Bertz CT molecular complexity index is 896. The number of hydrogen-bond donors (Lipinski definition) is 1. The summed E-state index contributed by atoms with van der Waals surface area (Å²) in [5.74, 6) is -0.664. The van der Waals surface area contributed by atoms with Gasteiger partial charge in [-0.15, -0.1) is 0 Å². The molecule has 2 aromatic rings. The van der Waals surface area contributed by atoms with Crippen molar-refractivity contribution in [2.75, 3.05) is 6.54 Å². The molecule has 7 heteroatoms. The molecule has 1 N–H and O–H groups in total. The van der Waals surface area contributed by atoms with Crippen molar-refractivity contribution in [3.63, 3.8) is 0 Å². The number of piperidine rings is 1. The lowest BCUT2D eigenvalue weighted by Gasteiger charge is -2.33. The Balaban J connectivity index is 1.75. The molecule has 0 radical (unpaired) electrons. The lowest BCUT2D eigenvalue weighted by molar-refractivity contribution is -0.125. The third kappa shape index (κ3) is 4.54. The number of nitrogens with one attached hydrogen (secondary N) is 1. The van der Waals surface area contributed by atoms with Crippen LogP contribution in [0.4, 0.5) is 4.39 Å². The largest absolute Gasteiger partial charge is 0.351 e. The number of carbonyl (C=O) groups is 1. The molecule has 0 aromatic heterocycles. The molecule has 0 aliphatic carbocycles. The molecule has 27 heavy (non-hydrogen) atoms. The van der Waals surface area contributed by atoms with Crippen molar-refractivity contribution >= 4 is 15.9 Å². The molecule has 5 nitrogen and oxygen atoms in total. The summed E-state index contributed by atoms with van der Waals surface area (Å²) < 4.78 is 40.3. The third-order valence-corrected chi connectivity index (χ3v) is 6.69. The highest BCUT2D eigenvalue weighted by atomic mass is 32.2. The van der Waals surface area contributed by atoms with Crippen molar-refractivity contribution < 1.29 is 17.6 Å². The van der Waals surface area contributed by atoms with Crippen molar-refractivity contribution in [2.45, 2.75) is 43.7 Å². The van der Waals surface area contributed by atoms with Crippen LogP contribution in [0.15, 0.2) is 53.4 Å². The molecule has 144 valence electrons. The van der Waals surface area contributed by atoms with Gasteiger partial charge in [0.1, 0.15) is 11.9 Å². The molecule has 1 fully saturated rings. The lowest BCUT2D eigenvalue weighted by Crippen LogP contribution is -2.51. The van der Waals surface area contributed by atoms with Gasteiger partial charge in [-0.25, -0.2) is 12.8 Å². The minimum Gasteiger partial charge on any atom is -0.351 e. The van der Waals surface area contributed by atoms with Crippen LogP contribution >= 0.6 is 0 Å². The zero-order chi connectivity index (χ0) is 19.4. The van der Waals surface area contributed by atoms with Crippen molar-refractivity contribution in [3.8, 4) is 0 Å². The van der Waals surface area contributed by atoms with Gasteiger partial charge >= 0.3 is 0 Å². The number of sulfonamides is 1. The van der Waals surface area contributed by atoms with Gasteiger partial charge in [0.15, 0.2) is 0 Å². The average Bonchev–Trinajstić information content (AvgIpc) is 2.67. The summed E-state index contributed by atoms with van der Waals surface area (Å²) in [6.45, 7) is 2.45. The van der Waals surface area contributed by atoms with E-state index < -0.39 is 16.1 Å². The fourth-order valence-corrected chi connectivity index (χ4v) is 4.87. The monoisotopic (exact) mass is 390 g/mol. The van der Waals surface area contributed by atoms with Gasteiger partial charge in [-0.05, 0) is 49.6 Å². The van der Waals surface area contributed by atoms with Gasteiger partial charge in [0.2, 0.25) is 15.9 Å². The Kier molecular flexibility index (Phi) is 5.92. The molecule has 1 amide bonds. The Morgan fingerprint density at radius 1 is 1.11 bits per heavy atom. The quantitative estimate of drug-likeness (QED) is 0.854. The predicted octanol–water partition coefficient (Wildman–Crippen LogP) is 2.99. The SMILES string of the molecule is Cc1ccc(S(=O)(=O)N2CCCC[C@@H]2C(=O)NCc2ccc(F)cc2)cc1. The highest BCUT2D eigenvalue weighted by Crippen LogP contribution is 2.26. The smallest absolute Gasteiger partial charge is 0.243 e. The predicted molar refractivity (Wildman–Crippen MR) is 101 cm³/mol. The summed E-state index contributed by atoms with van der Waals surface area (Å²) in [5, 5.41) is 2.78. The Morgan fingerprint density at radius 3 is 2.44 bits per heavy atom. The van der Waals surface area contributed by atoms with Crippen LogP contribution < -0.4 is 5.32 Å². The van der Waals surface area contributed by atoms with Crippen LogP contribution in [0.3, 0.4) is 0 Å². The molecule has 0 spiro atoms. The van der Waals surface area contributed by atoms with E-state index in [9.17, 15) is 17.6 Å². The number of amides is 1. The van der Waals surface area contributed by atoms with E-state index in [1.54, 1.807) is 36.4 Å². The van der Waals surface area contributed by atoms with Crippen molar-refractivity contribution in [1.82, 2.24) is 9.62 Å². The zero-order valence-corrected chi connectivity index (χ0v) is 16.0. The maximum Gasteiger partial charge on any atom is 0.243 e. The molecular formula is C20H23FN2O3S. The van der Waals surface area contributed by atoms with Gasteiger partial charge in [0.05, 0.1) is 4.90 Å². The summed E-state index contributed by atoms with van der Waals surface area (Å²) in [6, 6.07) is 11.8. The number of carbonyl (C=O) groups excluding carboxylic acids is 1. The first kappa shape index (κ1) is 19.5. The highest BCUT2D eigenvalue weighted by Gasteiger charge is 2.37. The molecule has 1 aliphatic heterocycles. The van der Waals surface area contributed by atoms with Gasteiger partial charge in [-0.3, -0.25) is 4.79 Å². The summed E-state index contributed by atoms with van der Waals surface area (Å²) >= 11 is 0. The standard InChI is InChI=1S/C20H23FN2O3S/c1-15-5-11-18(12-6-15)27(25,26)23-13-3-2-4-19(23)20(24)22-14-16-7-9-17(21)10-8-16/h5-12,19H,2-4,13-14H2,1H3,(H,22,24)/t19-/m1/s1. The second kappa shape index (κ2) is 8.19. The van der Waals surface area contributed by atoms with Crippen LogP contribution in [0.2, 0.25) is 0 Å². The minimum absolute atomic E-state index is 0.200. The van der Waals surface area contributed by atoms with E-state index in [0.29, 0.717) is 13.0 Å². The molecule has 0 saturated carbocycles. The number of halogens is 1. The molecule has 0 bridgehead atoms. The zero-order valence-electron chi connectivity index (χ0n) is 15.2. The second-order valence-electron chi connectivity index (χ2n) is 6.78. The summed E-state index contributed by atoms with van der Waals surface area (Å²) in [5.41, 5.74) is 1.73. The third-order valence-electron chi connectivity index (χ3n) is 4.76.